The molecule has 0 aliphatic rings. The molecule has 106 valence electrons. The number of nitro benzene ring substituents is 1. The number of halogens is 1. The second-order valence-electron chi connectivity index (χ2n) is 4.49. The fourth-order valence-electron chi connectivity index (χ4n) is 1.82. The topological polar surface area (TPSA) is 52.4 Å². The quantitative estimate of drug-likeness (QED) is 0.365. The lowest BCUT2D eigenvalue weighted by atomic mass is 10.1. The van der Waals surface area contributed by atoms with Gasteiger partial charge in [0.1, 0.15) is 0 Å². The summed E-state index contributed by atoms with van der Waals surface area (Å²) in [6.45, 7) is 2.68. The van der Waals surface area contributed by atoms with Crippen LogP contribution in [-0.4, -0.2) is 11.5 Å². The van der Waals surface area contributed by atoms with E-state index in [4.69, 9.17) is 16.3 Å². The minimum absolute atomic E-state index is 0.0321. The van der Waals surface area contributed by atoms with Crippen molar-refractivity contribution in [2.24, 2.45) is 0 Å². The number of hydrogen-bond acceptors (Lipinski definition) is 3. The summed E-state index contributed by atoms with van der Waals surface area (Å²) in [6, 6.07) is 4.37. The highest BCUT2D eigenvalue weighted by molar-refractivity contribution is 6.30. The molecular weight excluding hydrogens is 266 g/mol. The third-order valence-electron chi connectivity index (χ3n) is 2.87. The molecule has 0 saturated carbocycles. The first kappa shape index (κ1) is 15.8. The highest BCUT2D eigenvalue weighted by Crippen LogP contribution is 2.30. The zero-order chi connectivity index (χ0) is 14.1. The van der Waals surface area contributed by atoms with Gasteiger partial charge in [0.25, 0.3) is 0 Å². The Morgan fingerprint density at radius 1 is 1.21 bits per heavy atom. The minimum Gasteiger partial charge on any atom is -0.487 e. The molecule has 0 amide bonds. The second-order valence-corrected chi connectivity index (χ2v) is 4.92. The zero-order valence-corrected chi connectivity index (χ0v) is 12.0. The molecule has 0 spiro atoms. The minimum atomic E-state index is -0.451. The van der Waals surface area contributed by atoms with Gasteiger partial charge in [-0.25, -0.2) is 0 Å². The summed E-state index contributed by atoms with van der Waals surface area (Å²) in [4.78, 5) is 10.4. The van der Waals surface area contributed by atoms with Crippen LogP contribution < -0.4 is 4.74 Å². The monoisotopic (exact) mass is 285 g/mol. The molecule has 0 atom stereocenters. The Hall–Kier alpha value is -1.29. The Kier molecular flexibility index (Phi) is 7.26. The molecule has 0 heterocycles. The van der Waals surface area contributed by atoms with E-state index in [0.717, 1.165) is 12.8 Å². The van der Waals surface area contributed by atoms with Crippen molar-refractivity contribution in [1.82, 2.24) is 0 Å². The third-order valence-corrected chi connectivity index (χ3v) is 3.11. The average Bonchev–Trinajstić information content (AvgIpc) is 2.37. The van der Waals surface area contributed by atoms with Crippen LogP contribution in [-0.2, 0) is 0 Å². The fourth-order valence-corrected chi connectivity index (χ4v) is 1.98. The van der Waals surface area contributed by atoms with Gasteiger partial charge in [-0.3, -0.25) is 10.1 Å². The van der Waals surface area contributed by atoms with E-state index < -0.39 is 4.92 Å². The van der Waals surface area contributed by atoms with E-state index in [1.165, 1.54) is 43.9 Å². The predicted octanol–water partition coefficient (Wildman–Crippen LogP) is 4.99. The van der Waals surface area contributed by atoms with Crippen LogP contribution in [0.2, 0.25) is 5.02 Å². The van der Waals surface area contributed by atoms with Crippen LogP contribution in [0.25, 0.3) is 0 Å². The molecule has 0 fully saturated rings. The Balaban J connectivity index is 2.36. The molecule has 1 aromatic carbocycles. The van der Waals surface area contributed by atoms with E-state index in [1.807, 2.05) is 0 Å². The van der Waals surface area contributed by atoms with Crippen molar-refractivity contribution in [2.45, 2.75) is 45.4 Å². The molecule has 0 bridgehead atoms. The van der Waals surface area contributed by atoms with Crippen molar-refractivity contribution in [3.05, 3.63) is 33.3 Å². The molecule has 1 rings (SSSR count). The maximum Gasteiger partial charge on any atom is 0.311 e. The van der Waals surface area contributed by atoms with Gasteiger partial charge in [-0.15, -0.1) is 0 Å². The van der Waals surface area contributed by atoms with Crippen LogP contribution in [0.1, 0.15) is 45.4 Å². The summed E-state index contributed by atoms with van der Waals surface area (Å²) in [6.07, 6.45) is 6.93. The lowest BCUT2D eigenvalue weighted by Gasteiger charge is -2.07. The van der Waals surface area contributed by atoms with Crippen molar-refractivity contribution in [1.29, 1.82) is 0 Å². The van der Waals surface area contributed by atoms with Gasteiger partial charge in [-0.2, -0.15) is 0 Å². The second kappa shape index (κ2) is 8.75. The van der Waals surface area contributed by atoms with Crippen LogP contribution in [0.3, 0.4) is 0 Å². The summed E-state index contributed by atoms with van der Waals surface area (Å²) in [5.74, 6) is 0.256. The average molecular weight is 286 g/mol. The molecule has 0 unspecified atom stereocenters. The van der Waals surface area contributed by atoms with Crippen molar-refractivity contribution >= 4 is 17.3 Å². The van der Waals surface area contributed by atoms with Crippen LogP contribution in [0.5, 0.6) is 5.75 Å². The standard InChI is InChI=1S/C14H20ClNO3/c1-2-3-4-5-6-7-10-19-14-11-12(15)8-9-13(14)16(17)18/h8-9,11H,2-7,10H2,1H3. The van der Waals surface area contributed by atoms with E-state index in [9.17, 15) is 10.1 Å². The summed E-state index contributed by atoms with van der Waals surface area (Å²) < 4.78 is 5.46. The van der Waals surface area contributed by atoms with Crippen molar-refractivity contribution in [2.75, 3.05) is 6.61 Å². The van der Waals surface area contributed by atoms with Crippen molar-refractivity contribution in [3.8, 4) is 5.75 Å². The summed E-state index contributed by atoms with van der Waals surface area (Å²) in [5, 5.41) is 11.3. The van der Waals surface area contributed by atoms with Crippen LogP contribution in [0.4, 0.5) is 5.69 Å². The molecule has 0 saturated heterocycles. The number of nitro groups is 1. The lowest BCUT2D eigenvalue weighted by molar-refractivity contribution is -0.385. The number of benzene rings is 1. The Morgan fingerprint density at radius 2 is 1.89 bits per heavy atom. The van der Waals surface area contributed by atoms with Gasteiger partial charge >= 0.3 is 5.69 Å². The molecule has 0 aromatic heterocycles. The number of nitrogens with zero attached hydrogens (tertiary/aromatic N) is 1. The third kappa shape index (κ3) is 5.92. The summed E-state index contributed by atoms with van der Waals surface area (Å²) >= 11 is 5.82. The molecular formula is C14H20ClNO3. The molecule has 19 heavy (non-hydrogen) atoms. The molecule has 5 heteroatoms. The number of hydrogen-bond donors (Lipinski definition) is 0. The normalized spacial score (nSPS) is 10.4. The molecule has 4 nitrogen and oxygen atoms in total. The Labute approximate surface area is 118 Å². The van der Waals surface area contributed by atoms with Gasteiger partial charge in [0.15, 0.2) is 5.75 Å². The largest absolute Gasteiger partial charge is 0.487 e. The Morgan fingerprint density at radius 3 is 2.58 bits per heavy atom. The van der Waals surface area contributed by atoms with Crippen molar-refractivity contribution < 1.29 is 9.66 Å². The van der Waals surface area contributed by atoms with Crippen LogP contribution >= 0.6 is 11.6 Å². The lowest BCUT2D eigenvalue weighted by Crippen LogP contribution is -2.00. The maximum absolute atomic E-state index is 10.8. The van der Waals surface area contributed by atoms with Gasteiger partial charge < -0.3 is 4.74 Å². The number of ether oxygens (including phenoxy) is 1. The number of unbranched alkanes of at least 4 members (excludes halogenated alkanes) is 5. The van der Waals surface area contributed by atoms with E-state index >= 15 is 0 Å². The fraction of sp³-hybridized carbons (Fsp3) is 0.571. The van der Waals surface area contributed by atoms with E-state index in [-0.39, 0.29) is 11.4 Å². The van der Waals surface area contributed by atoms with E-state index in [2.05, 4.69) is 6.92 Å². The summed E-state index contributed by atoms with van der Waals surface area (Å²) in [7, 11) is 0. The highest BCUT2D eigenvalue weighted by Gasteiger charge is 2.14. The van der Waals surface area contributed by atoms with E-state index in [1.54, 1.807) is 0 Å². The van der Waals surface area contributed by atoms with Gasteiger partial charge in [-0.1, -0.05) is 50.6 Å². The predicted molar refractivity (Wildman–Crippen MR) is 77.0 cm³/mol. The maximum atomic E-state index is 10.8. The van der Waals surface area contributed by atoms with Crippen LogP contribution in [0, 0.1) is 10.1 Å². The van der Waals surface area contributed by atoms with Gasteiger partial charge in [-0.05, 0) is 12.5 Å². The zero-order valence-electron chi connectivity index (χ0n) is 11.2. The van der Waals surface area contributed by atoms with E-state index in [0.29, 0.717) is 11.6 Å². The molecule has 1 aromatic rings. The molecule has 0 aliphatic carbocycles. The molecule has 0 radical (unpaired) electrons. The van der Waals surface area contributed by atoms with Crippen LogP contribution in [0.15, 0.2) is 18.2 Å². The molecule has 0 aliphatic heterocycles. The van der Waals surface area contributed by atoms with Gasteiger partial charge in [0, 0.05) is 17.2 Å². The van der Waals surface area contributed by atoms with Gasteiger partial charge in [0.2, 0.25) is 0 Å². The first-order valence-electron chi connectivity index (χ1n) is 6.72. The highest BCUT2D eigenvalue weighted by atomic mass is 35.5. The smallest absolute Gasteiger partial charge is 0.311 e. The summed E-state index contributed by atoms with van der Waals surface area (Å²) in [5.41, 5.74) is -0.0321. The SMILES string of the molecule is CCCCCCCCOc1cc(Cl)ccc1[N+](=O)[O-]. The first-order chi connectivity index (χ1) is 9.15. The first-order valence-corrected chi connectivity index (χ1v) is 7.09. The van der Waals surface area contributed by atoms with Gasteiger partial charge in [0.05, 0.1) is 11.5 Å². The molecule has 0 N–H and O–H groups in total. The number of rotatable bonds is 9. The van der Waals surface area contributed by atoms with Crippen molar-refractivity contribution in [3.63, 3.8) is 0 Å². The Bertz CT molecular complexity index is 410.